The molecule has 0 aliphatic rings. The molecular formula is C6H8ClN3O2S. The Morgan fingerprint density at radius 2 is 1.62 bits per heavy atom. The Hall–Kier alpha value is -0.980. The first-order valence-electron chi connectivity index (χ1n) is 3.30. The summed E-state index contributed by atoms with van der Waals surface area (Å²) in [6.45, 7) is 0. The van der Waals surface area contributed by atoms with E-state index in [2.05, 4.69) is 10.1 Å². The summed E-state index contributed by atoms with van der Waals surface area (Å²) >= 11 is 0. The summed E-state index contributed by atoms with van der Waals surface area (Å²) in [5, 5.41) is 0. The molecular weight excluding hydrogens is 214 g/mol. The molecule has 5 nitrogen and oxygen atoms in total. The molecule has 0 fully saturated rings. The van der Waals surface area contributed by atoms with Crippen LogP contribution in [0, 0.1) is 0 Å². The molecule has 7 heteroatoms. The van der Waals surface area contributed by atoms with E-state index in [1.54, 1.807) is 12.1 Å². The van der Waals surface area contributed by atoms with Gasteiger partial charge in [-0.3, -0.25) is 10.6 Å². The molecule has 0 spiro atoms. The zero-order chi connectivity index (χ0) is 9.90. The van der Waals surface area contributed by atoms with Crippen molar-refractivity contribution in [1.29, 1.82) is 0 Å². The summed E-state index contributed by atoms with van der Waals surface area (Å²) in [4.78, 5) is 0. The lowest BCUT2D eigenvalue weighted by atomic mass is 10.3. The van der Waals surface area contributed by atoms with Gasteiger partial charge in [-0.25, -0.2) is 0 Å². The van der Waals surface area contributed by atoms with E-state index in [1.165, 1.54) is 12.1 Å². The van der Waals surface area contributed by atoms with Gasteiger partial charge in [-0.1, -0.05) is 0 Å². The van der Waals surface area contributed by atoms with Gasteiger partial charge >= 0.3 is 9.24 Å². The molecule has 0 aromatic heterocycles. The first-order valence-corrected chi connectivity index (χ1v) is 5.61. The molecule has 0 bridgehead atoms. The van der Waals surface area contributed by atoms with Crippen LogP contribution in [0.2, 0.25) is 0 Å². The number of nitrogen functional groups attached to an aromatic ring is 1. The van der Waals surface area contributed by atoms with E-state index < -0.39 is 9.24 Å². The number of nitrogens with one attached hydrogen (secondary N) is 2. The van der Waals surface area contributed by atoms with E-state index in [4.69, 9.17) is 16.5 Å². The van der Waals surface area contributed by atoms with E-state index >= 15 is 0 Å². The molecule has 0 heterocycles. The number of nitrogens with two attached hydrogens (primary N) is 1. The molecule has 72 valence electrons. The number of benzene rings is 1. The molecule has 13 heavy (non-hydrogen) atoms. The molecule has 0 amide bonds. The normalized spacial score (nSPS) is 10.9. The summed E-state index contributed by atoms with van der Waals surface area (Å²) in [5.41, 5.74) is 3.47. The van der Waals surface area contributed by atoms with Gasteiger partial charge in [0, 0.05) is 22.1 Å². The summed E-state index contributed by atoms with van der Waals surface area (Å²) in [6, 6.07) is 6.30. The summed E-state index contributed by atoms with van der Waals surface area (Å²) in [6.07, 6.45) is 0. The Morgan fingerprint density at radius 1 is 1.15 bits per heavy atom. The van der Waals surface area contributed by atoms with Gasteiger partial charge in [0.2, 0.25) is 0 Å². The van der Waals surface area contributed by atoms with E-state index in [-0.39, 0.29) is 0 Å². The van der Waals surface area contributed by atoms with Gasteiger partial charge in [0.05, 0.1) is 0 Å². The molecule has 1 aromatic carbocycles. The molecule has 0 aliphatic carbocycles. The van der Waals surface area contributed by atoms with Gasteiger partial charge < -0.3 is 5.43 Å². The second-order valence-electron chi connectivity index (χ2n) is 2.26. The van der Waals surface area contributed by atoms with Crippen molar-refractivity contribution in [3.8, 4) is 0 Å². The third-order valence-electron chi connectivity index (χ3n) is 1.29. The molecule has 0 unspecified atom stereocenters. The number of hydrazine groups is 1. The molecule has 0 atom stereocenters. The van der Waals surface area contributed by atoms with Crippen molar-refractivity contribution in [3.05, 3.63) is 24.3 Å². The Bertz CT molecular complexity index is 375. The van der Waals surface area contributed by atoms with Crippen LogP contribution < -0.4 is 16.0 Å². The topological polar surface area (TPSA) is 84.2 Å². The van der Waals surface area contributed by atoms with E-state index in [9.17, 15) is 8.42 Å². The monoisotopic (exact) mass is 221 g/mol. The lowest BCUT2D eigenvalue weighted by Gasteiger charge is -2.03. The fraction of sp³-hybridized carbons (Fsp3) is 0. The summed E-state index contributed by atoms with van der Waals surface area (Å²) in [5.74, 6) is 5.11. The van der Waals surface area contributed by atoms with Crippen molar-refractivity contribution in [2.75, 3.05) is 10.1 Å². The van der Waals surface area contributed by atoms with Gasteiger partial charge in [0.25, 0.3) is 0 Å². The zero-order valence-electron chi connectivity index (χ0n) is 6.49. The predicted molar refractivity (Wildman–Crippen MR) is 52.6 cm³/mol. The summed E-state index contributed by atoms with van der Waals surface area (Å²) in [7, 11) is 1.24. The van der Waals surface area contributed by atoms with Crippen molar-refractivity contribution in [2.24, 2.45) is 5.84 Å². The predicted octanol–water partition coefficient (Wildman–Crippen LogP) is 0.868. The Kier molecular flexibility index (Phi) is 2.97. The van der Waals surface area contributed by atoms with Crippen LogP contribution in [-0.2, 0) is 9.24 Å². The first-order chi connectivity index (χ1) is 6.01. The fourth-order valence-electron chi connectivity index (χ4n) is 0.775. The minimum absolute atomic E-state index is 0.383. The minimum atomic E-state index is -3.73. The van der Waals surface area contributed by atoms with Crippen LogP contribution in [-0.4, -0.2) is 8.42 Å². The first kappa shape index (κ1) is 10.1. The largest absolute Gasteiger partial charge is 0.324 e. The molecule has 4 N–H and O–H groups in total. The van der Waals surface area contributed by atoms with Crippen LogP contribution in [0.25, 0.3) is 0 Å². The molecule has 1 aromatic rings. The highest BCUT2D eigenvalue weighted by Gasteiger charge is 2.03. The Morgan fingerprint density at radius 3 is 2.00 bits per heavy atom. The second-order valence-corrected chi connectivity index (χ2v) is 4.56. The van der Waals surface area contributed by atoms with Crippen LogP contribution in [0.15, 0.2) is 24.3 Å². The van der Waals surface area contributed by atoms with Crippen molar-refractivity contribution in [1.82, 2.24) is 0 Å². The number of halogens is 1. The van der Waals surface area contributed by atoms with Crippen molar-refractivity contribution < 1.29 is 8.42 Å². The van der Waals surface area contributed by atoms with E-state index in [1.807, 2.05) is 0 Å². The summed E-state index contributed by atoms with van der Waals surface area (Å²) < 4.78 is 23.2. The van der Waals surface area contributed by atoms with Gasteiger partial charge in [-0.05, 0) is 24.3 Å². The molecule has 0 radical (unpaired) electrons. The van der Waals surface area contributed by atoms with Crippen molar-refractivity contribution in [3.63, 3.8) is 0 Å². The standard InChI is InChI=1S/C6H8ClN3O2S/c7-13(11,12)10-6-3-1-5(9-8)2-4-6/h1-4,9-10H,8H2. The second kappa shape index (κ2) is 3.82. The fourth-order valence-corrected chi connectivity index (χ4v) is 1.46. The number of hydrogen-bond acceptors (Lipinski definition) is 4. The number of rotatable bonds is 3. The van der Waals surface area contributed by atoms with Gasteiger partial charge in [-0.15, -0.1) is 0 Å². The average Bonchev–Trinajstić information content (AvgIpc) is 2.03. The lowest BCUT2D eigenvalue weighted by Crippen LogP contribution is -2.07. The SMILES string of the molecule is NNc1ccc(NS(=O)(=O)Cl)cc1. The lowest BCUT2D eigenvalue weighted by molar-refractivity contribution is 0.614. The van der Waals surface area contributed by atoms with Gasteiger partial charge in [0.15, 0.2) is 0 Å². The Labute approximate surface area is 80.4 Å². The van der Waals surface area contributed by atoms with Crippen LogP contribution in [0.4, 0.5) is 11.4 Å². The highest BCUT2D eigenvalue weighted by Crippen LogP contribution is 2.14. The van der Waals surface area contributed by atoms with Crippen molar-refractivity contribution in [2.45, 2.75) is 0 Å². The smallest absolute Gasteiger partial charge is 0.319 e. The highest BCUT2D eigenvalue weighted by atomic mass is 35.7. The maximum atomic E-state index is 10.6. The molecule has 0 aliphatic heterocycles. The van der Waals surface area contributed by atoms with Crippen LogP contribution >= 0.6 is 10.7 Å². The van der Waals surface area contributed by atoms with Crippen LogP contribution in [0.5, 0.6) is 0 Å². The third kappa shape index (κ3) is 3.49. The van der Waals surface area contributed by atoms with E-state index in [0.29, 0.717) is 11.4 Å². The zero-order valence-corrected chi connectivity index (χ0v) is 8.06. The highest BCUT2D eigenvalue weighted by molar-refractivity contribution is 8.14. The number of hydrogen-bond donors (Lipinski definition) is 3. The molecule has 1 rings (SSSR count). The Balaban J connectivity index is 2.81. The average molecular weight is 222 g/mol. The quantitative estimate of drug-likeness (QED) is 0.402. The minimum Gasteiger partial charge on any atom is -0.324 e. The van der Waals surface area contributed by atoms with E-state index in [0.717, 1.165) is 0 Å². The number of anilines is 2. The molecule has 0 saturated carbocycles. The van der Waals surface area contributed by atoms with Crippen LogP contribution in [0.1, 0.15) is 0 Å². The van der Waals surface area contributed by atoms with Crippen molar-refractivity contribution >= 4 is 31.3 Å². The maximum Gasteiger partial charge on any atom is 0.319 e. The van der Waals surface area contributed by atoms with Gasteiger partial charge in [0.1, 0.15) is 0 Å². The third-order valence-corrected chi connectivity index (χ3v) is 2.00. The maximum absolute atomic E-state index is 10.6. The molecule has 0 saturated heterocycles. The van der Waals surface area contributed by atoms with Crippen LogP contribution in [0.3, 0.4) is 0 Å². The van der Waals surface area contributed by atoms with Gasteiger partial charge in [-0.2, -0.15) is 8.42 Å².